The van der Waals surface area contributed by atoms with Gasteiger partial charge in [-0.3, -0.25) is 38.4 Å². The first kappa shape index (κ1) is 49.2. The van der Waals surface area contributed by atoms with E-state index in [4.69, 9.17) is 10.5 Å². The molecule has 0 fully saturated rings. The van der Waals surface area contributed by atoms with Crippen molar-refractivity contribution in [1.82, 2.24) is 67.9 Å². The Morgan fingerprint density at radius 3 is 0.843 bits per heavy atom. The van der Waals surface area contributed by atoms with Gasteiger partial charge in [-0.15, -0.1) is 0 Å². The van der Waals surface area contributed by atoms with Gasteiger partial charge >= 0.3 is 0 Å². The van der Waals surface area contributed by atoms with Crippen LogP contribution in [-0.2, 0) is 51.9 Å². The van der Waals surface area contributed by atoms with Crippen LogP contribution in [0.2, 0.25) is 0 Å². The molecule has 8 N–H and O–H groups in total. The van der Waals surface area contributed by atoms with E-state index in [9.17, 15) is 38.4 Å². The molecule has 0 radical (unpaired) electrons. The molecular weight excluding hydrogens is 917 g/mol. The highest BCUT2D eigenvalue weighted by Gasteiger charge is 2.24. The van der Waals surface area contributed by atoms with E-state index < -0.39 is 47.3 Å². The van der Waals surface area contributed by atoms with Crippen LogP contribution in [-0.4, -0.2) is 118 Å². The fourth-order valence-electron chi connectivity index (χ4n) is 6.22. The molecule has 6 aromatic rings. The quantitative estimate of drug-likeness (QED) is 0.0398. The summed E-state index contributed by atoms with van der Waals surface area (Å²) in [4.78, 5) is 127. The molecule has 0 spiro atoms. The number of nitrogens with one attached hydrogen (secondary N) is 8. The van der Waals surface area contributed by atoms with Crippen LogP contribution in [0.15, 0.2) is 49.3 Å². The van der Waals surface area contributed by atoms with Crippen LogP contribution >= 0.6 is 0 Å². The van der Waals surface area contributed by atoms with Crippen molar-refractivity contribution >= 4 is 82.2 Å². The van der Waals surface area contributed by atoms with E-state index in [-0.39, 0.29) is 95.8 Å². The van der Waals surface area contributed by atoms with Crippen LogP contribution in [0.5, 0.6) is 0 Å². The van der Waals surface area contributed by atoms with Crippen LogP contribution in [0.4, 0.5) is 34.9 Å². The Morgan fingerprint density at radius 1 is 0.400 bits per heavy atom. The second kappa shape index (κ2) is 21.4. The molecule has 0 saturated heterocycles. The molecule has 6 heterocycles. The molecule has 0 unspecified atom stereocenters. The molecule has 6 rings (SSSR count). The summed E-state index contributed by atoms with van der Waals surface area (Å²) in [7, 11) is 9.12. The summed E-state index contributed by atoms with van der Waals surface area (Å²) in [5.41, 5.74) is 0. The monoisotopic (exact) mass is 958 g/mol. The summed E-state index contributed by atoms with van der Waals surface area (Å²) >= 11 is 0. The number of anilines is 6. The number of aryl methyl sites for hydroxylation is 6. The van der Waals surface area contributed by atoms with Crippen LogP contribution < -0.4 is 42.5 Å². The first-order chi connectivity index (χ1) is 33.3. The first-order valence-corrected chi connectivity index (χ1v) is 20.4. The fraction of sp³-hybridized carbons (Fsp3) is 0.250. The molecule has 360 valence electrons. The van der Waals surface area contributed by atoms with Crippen molar-refractivity contribution in [3.05, 3.63) is 84.3 Å². The summed E-state index contributed by atoms with van der Waals surface area (Å²) in [5, 5.41) is 37.5. The SMILES string of the molecule is Cn1cc(NC(=O)c2nc(NC(=O)c3nc(NC(=O)/C=C/C(=O)Nc4cn(C)c(C(=O)Nc5cn(C)c(C(=O)Nc6cn(C)c(C(=O)NCCC#N)n6)n5)n4)cn3C)cn2C)nc1C(=O)NCCC#N. The summed E-state index contributed by atoms with van der Waals surface area (Å²) in [6, 6.07) is 3.83. The van der Waals surface area contributed by atoms with Crippen molar-refractivity contribution in [2.75, 3.05) is 45.0 Å². The third-order valence-corrected chi connectivity index (χ3v) is 9.38. The van der Waals surface area contributed by atoms with Gasteiger partial charge in [-0.1, -0.05) is 0 Å². The van der Waals surface area contributed by atoms with Gasteiger partial charge in [-0.2, -0.15) is 10.5 Å². The lowest BCUT2D eigenvalue weighted by atomic mass is 10.4. The van der Waals surface area contributed by atoms with E-state index in [0.717, 1.165) is 12.2 Å². The number of amides is 8. The van der Waals surface area contributed by atoms with Gasteiger partial charge in [0, 0.05) is 105 Å². The third kappa shape index (κ3) is 11.9. The minimum atomic E-state index is -0.787. The maximum Gasteiger partial charge on any atom is 0.292 e. The van der Waals surface area contributed by atoms with Crippen LogP contribution in [0, 0.1) is 22.7 Å². The molecule has 0 aromatic carbocycles. The Hall–Kier alpha value is -10.3. The maximum atomic E-state index is 13.1. The number of carbonyl (C=O) groups excluding carboxylic acids is 8. The normalized spacial score (nSPS) is 10.7. The molecule has 0 saturated carbocycles. The van der Waals surface area contributed by atoms with Crippen LogP contribution in [0.3, 0.4) is 0 Å². The second-order valence-corrected chi connectivity index (χ2v) is 14.8. The van der Waals surface area contributed by atoms with Gasteiger partial charge in [0.25, 0.3) is 35.4 Å². The predicted molar refractivity (Wildman–Crippen MR) is 243 cm³/mol. The highest BCUT2D eigenvalue weighted by Crippen LogP contribution is 2.17. The van der Waals surface area contributed by atoms with Crippen molar-refractivity contribution < 1.29 is 38.4 Å². The zero-order valence-corrected chi connectivity index (χ0v) is 38.0. The lowest BCUT2D eigenvalue weighted by Gasteiger charge is -2.02. The zero-order chi connectivity index (χ0) is 50.8. The van der Waals surface area contributed by atoms with Gasteiger partial charge in [-0.05, 0) is 0 Å². The Kier molecular flexibility index (Phi) is 15.0. The number of nitriles is 2. The largest absolute Gasteiger partial charge is 0.348 e. The van der Waals surface area contributed by atoms with Gasteiger partial charge in [0.05, 0.1) is 25.0 Å². The Morgan fingerprint density at radius 2 is 0.614 bits per heavy atom. The Labute approximate surface area is 394 Å². The molecule has 0 aliphatic heterocycles. The lowest BCUT2D eigenvalue weighted by Crippen LogP contribution is -2.27. The van der Waals surface area contributed by atoms with Gasteiger partial charge in [0.2, 0.25) is 46.8 Å². The van der Waals surface area contributed by atoms with E-state index in [2.05, 4.69) is 72.4 Å². The minimum absolute atomic E-state index is 0.000458. The lowest BCUT2D eigenvalue weighted by molar-refractivity contribution is -0.114. The predicted octanol–water partition coefficient (Wildman–Crippen LogP) is -0.483. The summed E-state index contributed by atoms with van der Waals surface area (Å²) < 4.78 is 8.12. The minimum Gasteiger partial charge on any atom is -0.348 e. The van der Waals surface area contributed by atoms with Gasteiger partial charge in [0.15, 0.2) is 34.9 Å². The number of nitrogens with zero attached hydrogens (tertiary/aromatic N) is 14. The smallest absolute Gasteiger partial charge is 0.292 e. The van der Waals surface area contributed by atoms with Crippen molar-refractivity contribution in [2.24, 2.45) is 42.3 Å². The molecule has 0 aliphatic carbocycles. The molecule has 0 atom stereocenters. The van der Waals surface area contributed by atoms with E-state index in [1.807, 2.05) is 12.1 Å². The number of aromatic nitrogens is 12. The standard InChI is InChI=1S/C40H42N22O8/c1-57-17-23(49-29(57)35(65)43-13-7-11-41)53-39(69)33-51-25(19-61(33)5)55-37(67)31-47-21(15-59(31)3)45-27(63)9-10-28(64)46-22-16-60(4)32(48-22)38(68)56-26-20-62(6)34(52-26)40(70)54-24-18-58(2)30(50-24)36(66)44-14-8-12-42/h9-10,15-20H,7-8,13-14H2,1-6H3,(H,43,65)(H,44,66)(H,45,63)(H,46,64)(H,53,69)(H,54,70)(H,55,67)(H,56,68)/b10-9+. The zero-order valence-electron chi connectivity index (χ0n) is 38.0. The molecule has 30 heteroatoms. The highest BCUT2D eigenvalue weighted by atomic mass is 16.2. The summed E-state index contributed by atoms with van der Waals surface area (Å²) in [5.74, 6) is -6.08. The van der Waals surface area contributed by atoms with Gasteiger partial charge < -0.3 is 69.9 Å². The van der Waals surface area contributed by atoms with Crippen molar-refractivity contribution in [2.45, 2.75) is 12.8 Å². The summed E-state index contributed by atoms with van der Waals surface area (Å²) in [6.45, 7) is 0.256. The Balaban J connectivity index is 0.979. The molecule has 70 heavy (non-hydrogen) atoms. The maximum absolute atomic E-state index is 13.1. The van der Waals surface area contributed by atoms with Crippen LogP contribution in [0.25, 0.3) is 0 Å². The van der Waals surface area contributed by atoms with Crippen LogP contribution in [0.1, 0.15) is 76.6 Å². The van der Waals surface area contributed by atoms with E-state index in [1.165, 1.54) is 92.8 Å². The second-order valence-electron chi connectivity index (χ2n) is 14.8. The van der Waals surface area contributed by atoms with E-state index in [1.54, 1.807) is 14.1 Å². The first-order valence-electron chi connectivity index (χ1n) is 20.4. The number of hydrogen-bond donors (Lipinski definition) is 8. The van der Waals surface area contributed by atoms with E-state index >= 15 is 0 Å². The number of carbonyl (C=O) groups is 8. The van der Waals surface area contributed by atoms with Gasteiger partial charge in [-0.25, -0.2) is 29.9 Å². The summed E-state index contributed by atoms with van der Waals surface area (Å²) in [6.07, 6.45) is 10.3. The Bertz CT molecular complexity index is 2970. The third-order valence-electron chi connectivity index (χ3n) is 9.38. The number of imidazole rings is 6. The molecular formula is C40H42N22O8. The number of rotatable bonds is 18. The molecule has 0 aliphatic rings. The number of hydrogen-bond acceptors (Lipinski definition) is 16. The van der Waals surface area contributed by atoms with Crippen molar-refractivity contribution in [1.29, 1.82) is 10.5 Å². The topological polar surface area (TPSA) is 387 Å². The average Bonchev–Trinajstić information content (AvgIpc) is 4.16. The fourth-order valence-corrected chi connectivity index (χ4v) is 6.22. The molecule has 6 aromatic heterocycles. The molecule has 30 nitrogen and oxygen atoms in total. The highest BCUT2D eigenvalue weighted by molar-refractivity contribution is 6.08. The van der Waals surface area contributed by atoms with Crippen molar-refractivity contribution in [3.8, 4) is 12.1 Å². The average molecular weight is 959 g/mol. The molecule has 0 bridgehead atoms. The molecule has 8 amide bonds. The van der Waals surface area contributed by atoms with Crippen molar-refractivity contribution in [3.63, 3.8) is 0 Å². The van der Waals surface area contributed by atoms with E-state index in [0.29, 0.717) is 0 Å². The van der Waals surface area contributed by atoms with Gasteiger partial charge in [0.1, 0.15) is 0 Å².